The Balaban J connectivity index is 1.49. The molecule has 28 heavy (non-hydrogen) atoms. The molecular weight excluding hydrogens is 368 g/mol. The number of rotatable bonds is 7. The minimum atomic E-state index is -0.0631. The third-order valence-electron chi connectivity index (χ3n) is 4.67. The standard InChI is InChI=1S/C23H20N2O2S/c26-22(24-13-12-17-7-2-1-3-8-17)16-25-15-19(18-9-4-5-10-20(18)25)23(27)21-11-6-14-28-21/h1-11,14-15H,12-13,16H2,(H,24,26). The molecule has 4 rings (SSSR count). The van der Waals surface area contributed by atoms with E-state index in [-0.39, 0.29) is 18.2 Å². The maximum atomic E-state index is 12.8. The Bertz CT molecular complexity index is 1100. The van der Waals surface area contributed by atoms with E-state index in [1.165, 1.54) is 16.9 Å². The lowest BCUT2D eigenvalue weighted by Crippen LogP contribution is -2.29. The minimum Gasteiger partial charge on any atom is -0.354 e. The van der Waals surface area contributed by atoms with Crippen LogP contribution in [0.2, 0.25) is 0 Å². The summed E-state index contributed by atoms with van der Waals surface area (Å²) in [5.74, 6) is -0.0683. The van der Waals surface area contributed by atoms with E-state index in [4.69, 9.17) is 0 Å². The lowest BCUT2D eigenvalue weighted by molar-refractivity contribution is -0.121. The summed E-state index contributed by atoms with van der Waals surface area (Å²) in [6.07, 6.45) is 2.59. The number of nitrogens with zero attached hydrogens (tertiary/aromatic N) is 1. The maximum Gasteiger partial charge on any atom is 0.239 e. The molecule has 0 atom stereocenters. The first-order chi connectivity index (χ1) is 13.7. The molecule has 2 aromatic heterocycles. The van der Waals surface area contributed by atoms with Gasteiger partial charge in [-0.05, 0) is 29.5 Å². The highest BCUT2D eigenvalue weighted by molar-refractivity contribution is 7.12. The molecule has 0 fully saturated rings. The zero-order valence-corrected chi connectivity index (χ0v) is 16.1. The molecule has 140 valence electrons. The van der Waals surface area contributed by atoms with Crippen molar-refractivity contribution in [3.63, 3.8) is 0 Å². The molecule has 0 radical (unpaired) electrons. The van der Waals surface area contributed by atoms with Gasteiger partial charge in [0.15, 0.2) is 0 Å². The number of ketones is 1. The maximum absolute atomic E-state index is 12.8. The van der Waals surface area contributed by atoms with Gasteiger partial charge in [0, 0.05) is 29.2 Å². The monoisotopic (exact) mass is 388 g/mol. The van der Waals surface area contributed by atoms with Gasteiger partial charge in [-0.1, -0.05) is 54.6 Å². The van der Waals surface area contributed by atoms with Crippen LogP contribution in [0.15, 0.2) is 78.3 Å². The molecule has 4 nitrogen and oxygen atoms in total. The van der Waals surface area contributed by atoms with Crippen LogP contribution in [0.4, 0.5) is 0 Å². The molecule has 0 aliphatic carbocycles. The van der Waals surface area contributed by atoms with Gasteiger partial charge in [-0.15, -0.1) is 11.3 Å². The summed E-state index contributed by atoms with van der Waals surface area (Å²) >= 11 is 1.43. The fraction of sp³-hybridized carbons (Fsp3) is 0.130. The third kappa shape index (κ3) is 3.89. The normalized spacial score (nSPS) is 10.9. The van der Waals surface area contributed by atoms with Gasteiger partial charge in [0.2, 0.25) is 11.7 Å². The van der Waals surface area contributed by atoms with E-state index in [0.29, 0.717) is 17.0 Å². The average molecular weight is 388 g/mol. The van der Waals surface area contributed by atoms with E-state index in [2.05, 4.69) is 5.32 Å². The van der Waals surface area contributed by atoms with Crippen molar-refractivity contribution in [1.82, 2.24) is 9.88 Å². The highest BCUT2D eigenvalue weighted by atomic mass is 32.1. The molecule has 5 heteroatoms. The van der Waals surface area contributed by atoms with Gasteiger partial charge >= 0.3 is 0 Å². The molecule has 0 bridgehead atoms. The van der Waals surface area contributed by atoms with Crippen molar-refractivity contribution in [1.29, 1.82) is 0 Å². The van der Waals surface area contributed by atoms with E-state index in [1.54, 1.807) is 6.20 Å². The summed E-state index contributed by atoms with van der Waals surface area (Å²) in [7, 11) is 0. The molecule has 1 amide bonds. The summed E-state index contributed by atoms with van der Waals surface area (Å²) in [6, 6.07) is 21.5. The number of fused-ring (bicyclic) bond motifs is 1. The fourth-order valence-electron chi connectivity index (χ4n) is 3.30. The van der Waals surface area contributed by atoms with E-state index >= 15 is 0 Å². The molecule has 2 heterocycles. The van der Waals surface area contributed by atoms with Crippen LogP contribution in [0.3, 0.4) is 0 Å². The van der Waals surface area contributed by atoms with Crippen LogP contribution in [-0.2, 0) is 17.8 Å². The van der Waals surface area contributed by atoms with Gasteiger partial charge in [0.25, 0.3) is 0 Å². The molecule has 0 aliphatic heterocycles. The van der Waals surface area contributed by atoms with Crippen LogP contribution in [0.5, 0.6) is 0 Å². The zero-order chi connectivity index (χ0) is 19.3. The summed E-state index contributed by atoms with van der Waals surface area (Å²) in [5.41, 5.74) is 2.72. The van der Waals surface area contributed by atoms with E-state index in [1.807, 2.05) is 76.7 Å². The number of aromatic nitrogens is 1. The second-order valence-corrected chi connectivity index (χ2v) is 7.53. The largest absolute Gasteiger partial charge is 0.354 e. The summed E-state index contributed by atoms with van der Waals surface area (Å²) in [6.45, 7) is 0.774. The molecule has 0 saturated heterocycles. The van der Waals surface area contributed by atoms with Gasteiger partial charge in [0.05, 0.1) is 4.88 Å². The van der Waals surface area contributed by atoms with Crippen LogP contribution in [0, 0.1) is 0 Å². The Morgan fingerprint density at radius 2 is 1.71 bits per heavy atom. The number of amides is 1. The molecular formula is C23H20N2O2S. The summed E-state index contributed by atoms with van der Waals surface area (Å²) < 4.78 is 1.86. The van der Waals surface area contributed by atoms with Crippen molar-refractivity contribution >= 4 is 33.9 Å². The van der Waals surface area contributed by atoms with E-state index in [0.717, 1.165) is 17.3 Å². The second-order valence-electron chi connectivity index (χ2n) is 6.58. The second kappa shape index (κ2) is 8.23. The minimum absolute atomic E-state index is 0.00515. The Hall–Kier alpha value is -3.18. The molecule has 2 aromatic carbocycles. The number of para-hydroxylation sites is 1. The molecule has 0 spiro atoms. The highest BCUT2D eigenvalue weighted by Crippen LogP contribution is 2.25. The molecule has 0 saturated carbocycles. The fourth-order valence-corrected chi connectivity index (χ4v) is 3.98. The van der Waals surface area contributed by atoms with Crippen LogP contribution in [-0.4, -0.2) is 22.8 Å². The molecule has 4 aromatic rings. The van der Waals surface area contributed by atoms with Gasteiger partial charge in [-0.2, -0.15) is 0 Å². The first-order valence-corrected chi connectivity index (χ1v) is 10.1. The van der Waals surface area contributed by atoms with Crippen molar-refractivity contribution in [3.05, 3.63) is 94.3 Å². The predicted molar refractivity (Wildman–Crippen MR) is 113 cm³/mol. The Morgan fingerprint density at radius 1 is 0.929 bits per heavy atom. The van der Waals surface area contributed by atoms with Gasteiger partial charge in [-0.3, -0.25) is 9.59 Å². The van der Waals surface area contributed by atoms with Crippen LogP contribution in [0.1, 0.15) is 20.8 Å². The number of thiophene rings is 1. The van der Waals surface area contributed by atoms with Crippen LogP contribution < -0.4 is 5.32 Å². The van der Waals surface area contributed by atoms with Crippen molar-refractivity contribution in [2.45, 2.75) is 13.0 Å². The van der Waals surface area contributed by atoms with Gasteiger partial charge in [-0.25, -0.2) is 0 Å². The van der Waals surface area contributed by atoms with E-state index in [9.17, 15) is 9.59 Å². The number of hydrogen-bond acceptors (Lipinski definition) is 3. The molecule has 1 N–H and O–H groups in total. The Morgan fingerprint density at radius 3 is 2.50 bits per heavy atom. The Labute approximate surface area is 167 Å². The van der Waals surface area contributed by atoms with Crippen molar-refractivity contribution < 1.29 is 9.59 Å². The number of hydrogen-bond donors (Lipinski definition) is 1. The zero-order valence-electron chi connectivity index (χ0n) is 15.3. The first kappa shape index (κ1) is 18.2. The van der Waals surface area contributed by atoms with E-state index < -0.39 is 0 Å². The van der Waals surface area contributed by atoms with Crippen molar-refractivity contribution in [2.75, 3.05) is 6.54 Å². The number of nitrogens with one attached hydrogen (secondary N) is 1. The molecule has 0 unspecified atom stereocenters. The number of carbonyl (C=O) groups is 2. The van der Waals surface area contributed by atoms with Crippen molar-refractivity contribution in [2.24, 2.45) is 0 Å². The number of benzene rings is 2. The lowest BCUT2D eigenvalue weighted by atomic mass is 10.1. The predicted octanol–water partition coefficient (Wildman–Crippen LogP) is 4.29. The smallest absolute Gasteiger partial charge is 0.239 e. The SMILES string of the molecule is O=C(Cn1cc(C(=O)c2cccs2)c2ccccc21)NCCc1ccccc1. The molecule has 0 aliphatic rings. The van der Waals surface area contributed by atoms with Crippen molar-refractivity contribution in [3.8, 4) is 0 Å². The van der Waals surface area contributed by atoms with Crippen LogP contribution >= 0.6 is 11.3 Å². The van der Waals surface area contributed by atoms with Gasteiger partial charge < -0.3 is 9.88 Å². The first-order valence-electron chi connectivity index (χ1n) is 9.19. The number of carbonyl (C=O) groups excluding carboxylic acids is 2. The van der Waals surface area contributed by atoms with Gasteiger partial charge in [0.1, 0.15) is 6.54 Å². The summed E-state index contributed by atoms with van der Waals surface area (Å²) in [5, 5.41) is 5.74. The lowest BCUT2D eigenvalue weighted by Gasteiger charge is -2.07. The summed E-state index contributed by atoms with van der Waals surface area (Å²) in [4.78, 5) is 26.0. The quantitative estimate of drug-likeness (QED) is 0.480. The van der Waals surface area contributed by atoms with Crippen LogP contribution in [0.25, 0.3) is 10.9 Å². The highest BCUT2D eigenvalue weighted by Gasteiger charge is 2.18. The Kier molecular flexibility index (Phi) is 5.35. The topological polar surface area (TPSA) is 51.1 Å². The average Bonchev–Trinajstić information content (AvgIpc) is 3.37. The third-order valence-corrected chi connectivity index (χ3v) is 5.54.